The van der Waals surface area contributed by atoms with Gasteiger partial charge in [-0.3, -0.25) is 5.10 Å². The zero-order valence-electron chi connectivity index (χ0n) is 16.0. The minimum Gasteiger partial charge on any atom is -0.328 e. The Morgan fingerprint density at radius 1 is 1.07 bits per heavy atom. The van der Waals surface area contributed by atoms with E-state index in [1.807, 2.05) is 42.5 Å². The summed E-state index contributed by atoms with van der Waals surface area (Å²) in [6, 6.07) is 17.7. The van der Waals surface area contributed by atoms with E-state index in [2.05, 4.69) is 15.5 Å². The third-order valence-corrected chi connectivity index (χ3v) is 4.56. The average Bonchev–Trinajstić information content (AvgIpc) is 3.17. The van der Waals surface area contributed by atoms with Crippen molar-refractivity contribution in [3.05, 3.63) is 72.2 Å². The number of benzene rings is 2. The number of aromatic amines is 1. The number of H-pyrrole nitrogens is 1. The van der Waals surface area contributed by atoms with Gasteiger partial charge in [0.15, 0.2) is 0 Å². The van der Waals surface area contributed by atoms with Gasteiger partial charge >= 0.3 is 6.03 Å². The van der Waals surface area contributed by atoms with E-state index in [9.17, 15) is 9.18 Å². The van der Waals surface area contributed by atoms with Gasteiger partial charge in [-0.15, -0.1) is 0 Å². The smallest absolute Gasteiger partial charge is 0.321 e. The number of unbranched alkanes of at least 4 members (excludes halogenated alkanes) is 2. The highest BCUT2D eigenvalue weighted by Crippen LogP contribution is 2.19. The highest BCUT2D eigenvalue weighted by molar-refractivity contribution is 5.89. The van der Waals surface area contributed by atoms with Gasteiger partial charge in [-0.1, -0.05) is 36.8 Å². The second-order valence-corrected chi connectivity index (χ2v) is 6.82. The van der Waals surface area contributed by atoms with Crippen LogP contribution in [0.25, 0.3) is 11.3 Å². The van der Waals surface area contributed by atoms with Gasteiger partial charge in [-0.2, -0.15) is 5.10 Å². The SMILES string of the molecule is CN(CCCCCc1cc(-c2cccc(F)c2)n[nH]1)C(=O)Nc1ccccc1. The maximum absolute atomic E-state index is 13.3. The number of nitrogens with one attached hydrogen (secondary N) is 2. The van der Waals surface area contributed by atoms with E-state index < -0.39 is 0 Å². The van der Waals surface area contributed by atoms with Crippen LogP contribution in [0, 0.1) is 5.82 Å². The number of hydrogen-bond acceptors (Lipinski definition) is 2. The summed E-state index contributed by atoms with van der Waals surface area (Å²) in [4.78, 5) is 13.8. The fourth-order valence-corrected chi connectivity index (χ4v) is 2.97. The first-order valence-corrected chi connectivity index (χ1v) is 9.49. The van der Waals surface area contributed by atoms with Crippen LogP contribution in [0.1, 0.15) is 25.0 Å². The van der Waals surface area contributed by atoms with Crippen molar-refractivity contribution in [2.75, 3.05) is 18.9 Å². The molecule has 0 unspecified atom stereocenters. The fourth-order valence-electron chi connectivity index (χ4n) is 2.97. The number of halogens is 1. The predicted octanol–water partition coefficient (Wildman–Crippen LogP) is 5.09. The molecule has 6 heteroatoms. The summed E-state index contributed by atoms with van der Waals surface area (Å²) in [6.07, 6.45) is 3.82. The third kappa shape index (κ3) is 5.67. The monoisotopic (exact) mass is 380 g/mol. The molecule has 0 aliphatic carbocycles. The van der Waals surface area contributed by atoms with Crippen LogP contribution in [0.2, 0.25) is 0 Å². The molecule has 0 saturated carbocycles. The van der Waals surface area contributed by atoms with Crippen LogP contribution in [-0.2, 0) is 6.42 Å². The molecule has 2 aromatic carbocycles. The lowest BCUT2D eigenvalue weighted by Gasteiger charge is -2.17. The summed E-state index contributed by atoms with van der Waals surface area (Å²) < 4.78 is 13.3. The number of para-hydroxylation sites is 1. The molecule has 0 aliphatic rings. The quantitative estimate of drug-likeness (QED) is 0.535. The molecule has 0 atom stereocenters. The Hall–Kier alpha value is -3.15. The van der Waals surface area contributed by atoms with E-state index in [-0.39, 0.29) is 11.8 Å². The largest absolute Gasteiger partial charge is 0.328 e. The van der Waals surface area contributed by atoms with Crippen molar-refractivity contribution in [3.63, 3.8) is 0 Å². The first kappa shape index (κ1) is 19.6. The number of aryl methyl sites for hydroxylation is 1. The first-order valence-electron chi connectivity index (χ1n) is 9.49. The van der Waals surface area contributed by atoms with E-state index in [0.717, 1.165) is 48.3 Å². The second kappa shape index (κ2) is 9.69. The van der Waals surface area contributed by atoms with Crippen LogP contribution in [0.5, 0.6) is 0 Å². The molecular weight excluding hydrogens is 355 g/mol. The van der Waals surface area contributed by atoms with Crippen LogP contribution >= 0.6 is 0 Å². The molecule has 0 radical (unpaired) electrons. The minimum atomic E-state index is -0.262. The Morgan fingerprint density at radius 2 is 1.89 bits per heavy atom. The number of carbonyl (C=O) groups is 1. The molecular formula is C22H25FN4O. The van der Waals surface area contributed by atoms with Gasteiger partial charge in [0.05, 0.1) is 5.69 Å². The lowest BCUT2D eigenvalue weighted by molar-refractivity contribution is 0.221. The van der Waals surface area contributed by atoms with Gasteiger partial charge in [0.1, 0.15) is 5.82 Å². The zero-order valence-corrected chi connectivity index (χ0v) is 16.0. The molecule has 0 spiro atoms. The topological polar surface area (TPSA) is 61.0 Å². The number of aromatic nitrogens is 2. The van der Waals surface area contributed by atoms with Gasteiger partial charge in [0, 0.05) is 30.5 Å². The summed E-state index contributed by atoms with van der Waals surface area (Å²) in [7, 11) is 1.80. The normalized spacial score (nSPS) is 10.6. The minimum absolute atomic E-state index is 0.0977. The summed E-state index contributed by atoms with van der Waals surface area (Å²) >= 11 is 0. The fraction of sp³-hybridized carbons (Fsp3) is 0.273. The Labute approximate surface area is 164 Å². The molecule has 2 N–H and O–H groups in total. The molecule has 0 aliphatic heterocycles. The van der Waals surface area contributed by atoms with Crippen LogP contribution in [-0.4, -0.2) is 34.7 Å². The van der Waals surface area contributed by atoms with Gasteiger partial charge in [-0.25, -0.2) is 9.18 Å². The number of anilines is 1. The highest BCUT2D eigenvalue weighted by Gasteiger charge is 2.08. The van der Waals surface area contributed by atoms with Gasteiger partial charge < -0.3 is 10.2 Å². The van der Waals surface area contributed by atoms with E-state index in [4.69, 9.17) is 0 Å². The van der Waals surface area contributed by atoms with Crippen LogP contribution in [0.3, 0.4) is 0 Å². The summed E-state index contributed by atoms with van der Waals surface area (Å²) in [5.41, 5.74) is 3.36. The molecule has 3 rings (SSSR count). The van der Waals surface area contributed by atoms with Gasteiger partial charge in [0.25, 0.3) is 0 Å². The number of hydrogen-bond donors (Lipinski definition) is 2. The van der Waals surface area contributed by atoms with E-state index in [1.54, 1.807) is 18.0 Å². The predicted molar refractivity (Wildman–Crippen MR) is 110 cm³/mol. The third-order valence-electron chi connectivity index (χ3n) is 4.56. The van der Waals surface area contributed by atoms with Gasteiger partial charge in [0.2, 0.25) is 0 Å². The van der Waals surface area contributed by atoms with Crippen LogP contribution in [0.15, 0.2) is 60.7 Å². The molecule has 0 bridgehead atoms. The van der Waals surface area contributed by atoms with Crippen molar-refractivity contribution < 1.29 is 9.18 Å². The number of amides is 2. The number of nitrogens with zero attached hydrogens (tertiary/aromatic N) is 2. The molecule has 0 saturated heterocycles. The van der Waals surface area contributed by atoms with Crippen molar-refractivity contribution in [1.82, 2.24) is 15.1 Å². The van der Waals surface area contributed by atoms with E-state index in [0.29, 0.717) is 6.54 Å². The van der Waals surface area contributed by atoms with Crippen molar-refractivity contribution in [2.45, 2.75) is 25.7 Å². The Kier molecular flexibility index (Phi) is 6.78. The zero-order chi connectivity index (χ0) is 19.8. The Bertz CT molecular complexity index is 894. The van der Waals surface area contributed by atoms with E-state index >= 15 is 0 Å². The molecule has 0 fully saturated rings. The lowest BCUT2D eigenvalue weighted by atomic mass is 10.1. The standard InChI is InChI=1S/C22H25FN4O/c1-27(22(28)24-19-11-4-2-5-12-19)14-7-3-6-13-20-16-21(26-25-20)17-9-8-10-18(23)15-17/h2,4-5,8-12,15-16H,3,6-7,13-14H2,1H3,(H,24,28)(H,25,26). The molecule has 146 valence electrons. The number of carbonyl (C=O) groups excluding carboxylic acids is 1. The van der Waals surface area contributed by atoms with Crippen molar-refractivity contribution in [1.29, 1.82) is 0 Å². The maximum atomic E-state index is 13.3. The first-order chi connectivity index (χ1) is 13.6. The average molecular weight is 380 g/mol. The molecule has 5 nitrogen and oxygen atoms in total. The second-order valence-electron chi connectivity index (χ2n) is 6.82. The summed E-state index contributed by atoms with van der Waals surface area (Å²) in [6.45, 7) is 0.705. The summed E-state index contributed by atoms with van der Waals surface area (Å²) in [5.74, 6) is -0.262. The maximum Gasteiger partial charge on any atom is 0.321 e. The molecule has 1 aromatic heterocycles. The number of urea groups is 1. The van der Waals surface area contributed by atoms with E-state index in [1.165, 1.54) is 12.1 Å². The van der Waals surface area contributed by atoms with Crippen LogP contribution < -0.4 is 5.32 Å². The Balaban J connectivity index is 1.36. The highest BCUT2D eigenvalue weighted by atomic mass is 19.1. The van der Waals surface area contributed by atoms with Gasteiger partial charge in [-0.05, 0) is 49.6 Å². The lowest BCUT2D eigenvalue weighted by Crippen LogP contribution is -2.32. The van der Waals surface area contributed by atoms with Crippen molar-refractivity contribution in [2.24, 2.45) is 0 Å². The Morgan fingerprint density at radius 3 is 2.68 bits per heavy atom. The molecule has 1 heterocycles. The summed E-state index contributed by atoms with van der Waals surface area (Å²) in [5, 5.41) is 10.2. The van der Waals surface area contributed by atoms with Crippen LogP contribution in [0.4, 0.5) is 14.9 Å². The molecule has 2 amide bonds. The molecule has 28 heavy (non-hydrogen) atoms. The number of rotatable bonds is 8. The van der Waals surface area contributed by atoms with Crippen molar-refractivity contribution >= 4 is 11.7 Å². The van der Waals surface area contributed by atoms with Crippen molar-refractivity contribution in [3.8, 4) is 11.3 Å². The molecule has 3 aromatic rings.